The molecule has 0 saturated carbocycles. The molecule has 0 aliphatic rings. The van der Waals surface area contributed by atoms with Crippen LogP contribution in [0.15, 0.2) is 12.1 Å². The molecule has 1 rings (SSSR count). The van der Waals surface area contributed by atoms with Gasteiger partial charge in [-0.1, -0.05) is 13.3 Å². The number of ether oxygens (including phenoxy) is 1. The third kappa shape index (κ3) is 3.15. The van der Waals surface area contributed by atoms with Gasteiger partial charge in [0.25, 0.3) is 0 Å². The summed E-state index contributed by atoms with van der Waals surface area (Å²) in [6, 6.07) is 4.32. The van der Waals surface area contributed by atoms with Gasteiger partial charge < -0.3 is 4.74 Å². The van der Waals surface area contributed by atoms with Gasteiger partial charge in [0.05, 0.1) is 6.61 Å². The highest BCUT2D eigenvalue weighted by Crippen LogP contribution is 2.25. The molecule has 0 atom stereocenters. The molecule has 1 aromatic rings. The van der Waals surface area contributed by atoms with Crippen molar-refractivity contribution in [1.82, 2.24) is 0 Å². The Balaban J connectivity index is 2.75. The molecule has 1 nitrogen and oxygen atoms in total. The minimum Gasteiger partial charge on any atom is -0.493 e. The Bertz CT molecular complexity index is 284. The van der Waals surface area contributed by atoms with Gasteiger partial charge in [-0.3, -0.25) is 0 Å². The summed E-state index contributed by atoms with van der Waals surface area (Å²) in [7, 11) is 0. The van der Waals surface area contributed by atoms with Gasteiger partial charge in [-0.05, 0) is 66.1 Å². The second-order valence-electron chi connectivity index (χ2n) is 3.57. The van der Waals surface area contributed by atoms with Crippen LogP contribution in [-0.2, 0) is 0 Å². The van der Waals surface area contributed by atoms with Gasteiger partial charge >= 0.3 is 0 Å². The summed E-state index contributed by atoms with van der Waals surface area (Å²) in [5.74, 6) is 1.07. The highest BCUT2D eigenvalue weighted by molar-refractivity contribution is 14.1. The molecule has 0 saturated heterocycles. The zero-order chi connectivity index (χ0) is 10.6. The van der Waals surface area contributed by atoms with Crippen molar-refractivity contribution in [3.05, 3.63) is 26.8 Å². The van der Waals surface area contributed by atoms with E-state index in [-0.39, 0.29) is 0 Å². The smallest absolute Gasteiger partial charge is 0.125 e. The third-order valence-corrected chi connectivity index (χ3v) is 2.79. The lowest BCUT2D eigenvalue weighted by Crippen LogP contribution is -2.00. The minimum atomic E-state index is 0.832. The number of unbranched alkanes of at least 4 members (excludes halogenated alkanes) is 1. The van der Waals surface area contributed by atoms with Crippen molar-refractivity contribution in [1.29, 1.82) is 0 Å². The van der Waals surface area contributed by atoms with Gasteiger partial charge in [0, 0.05) is 3.57 Å². The summed E-state index contributed by atoms with van der Waals surface area (Å²) < 4.78 is 7.04. The number of halogens is 1. The summed E-state index contributed by atoms with van der Waals surface area (Å²) in [6.07, 6.45) is 2.31. The molecule has 0 unspecified atom stereocenters. The maximum Gasteiger partial charge on any atom is 0.125 e. The number of hydrogen-bond donors (Lipinski definition) is 0. The summed E-state index contributed by atoms with van der Waals surface area (Å²) in [5.41, 5.74) is 2.48. The molecule has 14 heavy (non-hydrogen) atoms. The van der Waals surface area contributed by atoms with Crippen LogP contribution in [0, 0.1) is 17.4 Å². The Morgan fingerprint density at radius 2 is 1.79 bits per heavy atom. The van der Waals surface area contributed by atoms with Gasteiger partial charge in [-0.25, -0.2) is 0 Å². The number of benzene rings is 1. The van der Waals surface area contributed by atoms with Gasteiger partial charge in [0.1, 0.15) is 5.75 Å². The third-order valence-electron chi connectivity index (χ3n) is 2.17. The van der Waals surface area contributed by atoms with Crippen molar-refractivity contribution in [2.45, 2.75) is 33.6 Å². The lowest BCUT2D eigenvalue weighted by atomic mass is 10.1. The van der Waals surface area contributed by atoms with Crippen molar-refractivity contribution < 1.29 is 4.74 Å². The molecule has 0 heterocycles. The largest absolute Gasteiger partial charge is 0.493 e. The van der Waals surface area contributed by atoms with Crippen LogP contribution in [0.1, 0.15) is 30.9 Å². The number of hydrogen-bond acceptors (Lipinski definition) is 1. The van der Waals surface area contributed by atoms with Gasteiger partial charge in [0.15, 0.2) is 0 Å². The fourth-order valence-electron chi connectivity index (χ4n) is 1.44. The lowest BCUT2D eigenvalue weighted by molar-refractivity contribution is 0.305. The Labute approximate surface area is 100.0 Å². The van der Waals surface area contributed by atoms with E-state index in [0.29, 0.717) is 0 Å². The molecule has 0 radical (unpaired) electrons. The fourth-order valence-corrected chi connectivity index (χ4v) is 2.38. The van der Waals surface area contributed by atoms with Crippen molar-refractivity contribution in [3.8, 4) is 5.75 Å². The molecule has 0 amide bonds. The first-order valence-electron chi connectivity index (χ1n) is 5.04. The van der Waals surface area contributed by atoms with Gasteiger partial charge in [-0.2, -0.15) is 0 Å². The van der Waals surface area contributed by atoms with Crippen LogP contribution in [-0.4, -0.2) is 6.61 Å². The highest BCUT2D eigenvalue weighted by Gasteiger charge is 2.04. The average Bonchev–Trinajstić information content (AvgIpc) is 2.09. The zero-order valence-corrected chi connectivity index (χ0v) is 11.2. The van der Waals surface area contributed by atoms with Crippen LogP contribution < -0.4 is 4.74 Å². The zero-order valence-electron chi connectivity index (χ0n) is 9.06. The van der Waals surface area contributed by atoms with Crippen LogP contribution in [0.25, 0.3) is 0 Å². The van der Waals surface area contributed by atoms with E-state index in [1.807, 2.05) is 0 Å². The van der Waals surface area contributed by atoms with Gasteiger partial charge in [0.2, 0.25) is 0 Å². The molecule has 0 aliphatic heterocycles. The number of aryl methyl sites for hydroxylation is 2. The molecule has 78 valence electrons. The van der Waals surface area contributed by atoms with Crippen molar-refractivity contribution in [2.75, 3.05) is 6.61 Å². The SMILES string of the molecule is CCCCOc1c(C)cc(I)cc1C. The van der Waals surface area contributed by atoms with E-state index in [1.54, 1.807) is 0 Å². The first-order chi connectivity index (χ1) is 6.65. The van der Waals surface area contributed by atoms with E-state index in [4.69, 9.17) is 4.74 Å². The summed E-state index contributed by atoms with van der Waals surface area (Å²) >= 11 is 2.34. The topological polar surface area (TPSA) is 9.23 Å². The van der Waals surface area contributed by atoms with E-state index in [1.165, 1.54) is 21.1 Å². The van der Waals surface area contributed by atoms with E-state index >= 15 is 0 Å². The second-order valence-corrected chi connectivity index (χ2v) is 4.82. The Hall–Kier alpha value is -0.250. The number of rotatable bonds is 4. The molecule has 1 aromatic carbocycles. The molecule has 0 fully saturated rings. The summed E-state index contributed by atoms with van der Waals surface area (Å²) in [6.45, 7) is 7.22. The van der Waals surface area contributed by atoms with Crippen LogP contribution >= 0.6 is 22.6 Å². The predicted octanol–water partition coefficient (Wildman–Crippen LogP) is 4.09. The molecule has 0 aromatic heterocycles. The summed E-state index contributed by atoms with van der Waals surface area (Å²) in [5, 5.41) is 0. The van der Waals surface area contributed by atoms with Gasteiger partial charge in [-0.15, -0.1) is 0 Å². The first kappa shape index (κ1) is 11.8. The maximum absolute atomic E-state index is 5.76. The Kier molecular flexibility index (Phi) is 4.72. The van der Waals surface area contributed by atoms with E-state index in [2.05, 4.69) is 55.5 Å². The highest BCUT2D eigenvalue weighted by atomic mass is 127. The normalized spacial score (nSPS) is 10.3. The van der Waals surface area contributed by atoms with Crippen molar-refractivity contribution in [2.24, 2.45) is 0 Å². The summed E-state index contributed by atoms with van der Waals surface area (Å²) in [4.78, 5) is 0. The van der Waals surface area contributed by atoms with E-state index in [9.17, 15) is 0 Å². The Morgan fingerprint density at radius 3 is 2.29 bits per heavy atom. The molecule has 0 spiro atoms. The minimum absolute atomic E-state index is 0.832. The molecule has 0 aliphatic carbocycles. The molecule has 2 heteroatoms. The van der Waals surface area contributed by atoms with Crippen LogP contribution in [0.2, 0.25) is 0 Å². The monoisotopic (exact) mass is 304 g/mol. The van der Waals surface area contributed by atoms with Crippen molar-refractivity contribution in [3.63, 3.8) is 0 Å². The Morgan fingerprint density at radius 1 is 1.21 bits per heavy atom. The van der Waals surface area contributed by atoms with Crippen LogP contribution in [0.3, 0.4) is 0 Å². The standard InChI is InChI=1S/C12H17IO/c1-4-5-6-14-12-9(2)7-11(13)8-10(12)3/h7-8H,4-6H2,1-3H3. The van der Waals surface area contributed by atoms with Crippen molar-refractivity contribution >= 4 is 22.6 Å². The molecular formula is C12H17IO. The van der Waals surface area contributed by atoms with Crippen LogP contribution in [0.4, 0.5) is 0 Å². The predicted molar refractivity (Wildman–Crippen MR) is 69.0 cm³/mol. The first-order valence-corrected chi connectivity index (χ1v) is 6.12. The molecular weight excluding hydrogens is 287 g/mol. The quantitative estimate of drug-likeness (QED) is 0.601. The average molecular weight is 304 g/mol. The lowest BCUT2D eigenvalue weighted by Gasteiger charge is -2.12. The van der Waals surface area contributed by atoms with E-state index in [0.717, 1.165) is 18.8 Å². The molecule has 0 bridgehead atoms. The molecule has 0 N–H and O–H groups in total. The maximum atomic E-state index is 5.76. The second kappa shape index (κ2) is 5.59. The fraction of sp³-hybridized carbons (Fsp3) is 0.500. The van der Waals surface area contributed by atoms with E-state index < -0.39 is 0 Å². The van der Waals surface area contributed by atoms with Crippen LogP contribution in [0.5, 0.6) is 5.75 Å².